The Balaban J connectivity index is 1.92. The molecule has 19 heavy (non-hydrogen) atoms. The largest absolute Gasteiger partial charge is 0.373 e. The van der Waals surface area contributed by atoms with Gasteiger partial charge >= 0.3 is 0 Å². The Hall–Kier alpha value is -1.20. The van der Waals surface area contributed by atoms with Gasteiger partial charge in [-0.15, -0.1) is 0 Å². The molecule has 0 bridgehead atoms. The molecule has 104 valence electrons. The molecule has 2 heterocycles. The third-order valence-electron chi connectivity index (χ3n) is 2.97. The van der Waals surface area contributed by atoms with Crippen molar-refractivity contribution in [2.24, 2.45) is 7.05 Å². The van der Waals surface area contributed by atoms with Crippen LogP contribution in [0.5, 0.6) is 0 Å². The zero-order valence-corrected chi connectivity index (χ0v) is 12.2. The second-order valence-electron chi connectivity index (χ2n) is 4.55. The Morgan fingerprint density at radius 1 is 1.26 bits per heavy atom. The Morgan fingerprint density at radius 2 is 2.11 bits per heavy atom. The number of aromatic nitrogens is 4. The molecule has 0 amide bonds. The molecule has 0 saturated heterocycles. The Labute approximate surface area is 117 Å². The summed E-state index contributed by atoms with van der Waals surface area (Å²) < 4.78 is 7.26. The smallest absolute Gasteiger partial charge is 0.162 e. The highest BCUT2D eigenvalue weighted by atomic mass is 35.5. The standard InChI is InChI=1S/C13H19ClN4O/c1-3-4-5-6-7-19-9-11-16-12(14)10-8-15-18(2)13(10)17-11/h8H,3-7,9H2,1-2H3. The van der Waals surface area contributed by atoms with Gasteiger partial charge < -0.3 is 4.74 Å². The summed E-state index contributed by atoms with van der Waals surface area (Å²) in [6.45, 7) is 3.33. The molecular formula is C13H19ClN4O. The summed E-state index contributed by atoms with van der Waals surface area (Å²) in [4.78, 5) is 8.63. The molecule has 0 radical (unpaired) electrons. The molecule has 6 heteroatoms. The lowest BCUT2D eigenvalue weighted by molar-refractivity contribution is 0.111. The van der Waals surface area contributed by atoms with Crippen molar-refractivity contribution in [1.29, 1.82) is 0 Å². The van der Waals surface area contributed by atoms with Crippen LogP contribution in [-0.4, -0.2) is 26.4 Å². The van der Waals surface area contributed by atoms with E-state index in [2.05, 4.69) is 22.0 Å². The van der Waals surface area contributed by atoms with Gasteiger partial charge in [-0.3, -0.25) is 4.68 Å². The van der Waals surface area contributed by atoms with Crippen LogP contribution in [0.15, 0.2) is 6.20 Å². The lowest BCUT2D eigenvalue weighted by Crippen LogP contribution is -2.03. The number of ether oxygens (including phenoxy) is 1. The van der Waals surface area contributed by atoms with Crippen molar-refractivity contribution in [1.82, 2.24) is 19.7 Å². The van der Waals surface area contributed by atoms with E-state index in [-0.39, 0.29) is 0 Å². The maximum Gasteiger partial charge on any atom is 0.162 e. The van der Waals surface area contributed by atoms with Gasteiger partial charge in [-0.2, -0.15) is 5.10 Å². The number of halogens is 1. The Kier molecular flexibility index (Phi) is 5.10. The van der Waals surface area contributed by atoms with E-state index in [0.29, 0.717) is 17.6 Å². The van der Waals surface area contributed by atoms with Gasteiger partial charge in [-0.25, -0.2) is 9.97 Å². The van der Waals surface area contributed by atoms with Crippen LogP contribution in [0.25, 0.3) is 11.0 Å². The van der Waals surface area contributed by atoms with Gasteiger partial charge in [0.2, 0.25) is 0 Å². The van der Waals surface area contributed by atoms with Crippen molar-refractivity contribution in [3.63, 3.8) is 0 Å². The second kappa shape index (κ2) is 6.82. The first-order valence-corrected chi connectivity index (χ1v) is 7.02. The molecule has 0 aliphatic rings. The van der Waals surface area contributed by atoms with Crippen LogP contribution < -0.4 is 0 Å². The number of nitrogens with zero attached hydrogens (tertiary/aromatic N) is 4. The minimum Gasteiger partial charge on any atom is -0.373 e. The van der Waals surface area contributed by atoms with Gasteiger partial charge in [0.1, 0.15) is 11.8 Å². The van der Waals surface area contributed by atoms with E-state index in [9.17, 15) is 0 Å². The lowest BCUT2D eigenvalue weighted by Gasteiger charge is -2.04. The van der Waals surface area contributed by atoms with Crippen LogP contribution in [0.4, 0.5) is 0 Å². The average Bonchev–Trinajstić information content (AvgIpc) is 2.76. The van der Waals surface area contributed by atoms with E-state index in [4.69, 9.17) is 16.3 Å². The SMILES string of the molecule is CCCCCCOCc1nc(Cl)c2cnn(C)c2n1. The number of fused-ring (bicyclic) bond motifs is 1. The van der Waals surface area contributed by atoms with Crippen LogP contribution in [0, 0.1) is 0 Å². The zero-order valence-electron chi connectivity index (χ0n) is 11.4. The highest BCUT2D eigenvalue weighted by Gasteiger charge is 2.09. The lowest BCUT2D eigenvalue weighted by atomic mass is 10.2. The number of unbranched alkanes of at least 4 members (excludes halogenated alkanes) is 3. The highest BCUT2D eigenvalue weighted by molar-refractivity contribution is 6.33. The molecule has 2 aromatic rings. The van der Waals surface area contributed by atoms with Gasteiger partial charge in [-0.1, -0.05) is 37.8 Å². The van der Waals surface area contributed by atoms with E-state index < -0.39 is 0 Å². The molecule has 2 rings (SSSR count). The monoisotopic (exact) mass is 282 g/mol. The number of hydrogen-bond donors (Lipinski definition) is 0. The predicted octanol–water partition coefficient (Wildman–Crippen LogP) is 3.11. The van der Waals surface area contributed by atoms with Gasteiger partial charge in [0.15, 0.2) is 11.5 Å². The Bertz CT molecular complexity index is 541. The summed E-state index contributed by atoms with van der Waals surface area (Å²) in [5, 5.41) is 5.32. The molecule has 0 N–H and O–H groups in total. The molecule has 0 aliphatic carbocycles. The molecule has 0 unspecified atom stereocenters. The van der Waals surface area contributed by atoms with E-state index in [1.807, 2.05) is 7.05 Å². The van der Waals surface area contributed by atoms with Gasteiger partial charge in [0.05, 0.1) is 11.6 Å². The molecule has 0 aromatic carbocycles. The first-order valence-electron chi connectivity index (χ1n) is 6.64. The van der Waals surface area contributed by atoms with E-state index in [0.717, 1.165) is 24.1 Å². The number of aryl methyl sites for hydroxylation is 1. The van der Waals surface area contributed by atoms with Crippen LogP contribution >= 0.6 is 11.6 Å². The van der Waals surface area contributed by atoms with Crippen LogP contribution in [-0.2, 0) is 18.4 Å². The van der Waals surface area contributed by atoms with Crippen molar-refractivity contribution in [2.45, 2.75) is 39.2 Å². The summed E-state index contributed by atoms with van der Waals surface area (Å²) in [7, 11) is 1.83. The van der Waals surface area contributed by atoms with Crippen molar-refractivity contribution >= 4 is 22.6 Å². The minimum atomic E-state index is 0.396. The summed E-state index contributed by atoms with van der Waals surface area (Å²) >= 11 is 6.10. The first-order chi connectivity index (χ1) is 9.22. The molecule has 0 spiro atoms. The van der Waals surface area contributed by atoms with Crippen LogP contribution in [0.3, 0.4) is 0 Å². The number of rotatable bonds is 7. The molecule has 0 aliphatic heterocycles. The van der Waals surface area contributed by atoms with Crippen molar-refractivity contribution in [3.8, 4) is 0 Å². The molecule has 0 fully saturated rings. The summed E-state index contributed by atoms with van der Waals surface area (Å²) in [6.07, 6.45) is 6.45. The van der Waals surface area contributed by atoms with Gasteiger partial charge in [-0.05, 0) is 6.42 Å². The third kappa shape index (κ3) is 3.64. The van der Waals surface area contributed by atoms with E-state index in [1.165, 1.54) is 19.3 Å². The maximum absolute atomic E-state index is 6.10. The first kappa shape index (κ1) is 14.2. The van der Waals surface area contributed by atoms with Crippen molar-refractivity contribution < 1.29 is 4.74 Å². The molecule has 0 atom stereocenters. The maximum atomic E-state index is 6.10. The van der Waals surface area contributed by atoms with Crippen LogP contribution in [0.1, 0.15) is 38.4 Å². The summed E-state index contributed by atoms with van der Waals surface area (Å²) in [6, 6.07) is 0. The predicted molar refractivity (Wildman–Crippen MR) is 75.1 cm³/mol. The summed E-state index contributed by atoms with van der Waals surface area (Å²) in [5.41, 5.74) is 0.740. The van der Waals surface area contributed by atoms with E-state index >= 15 is 0 Å². The third-order valence-corrected chi connectivity index (χ3v) is 3.25. The Morgan fingerprint density at radius 3 is 2.89 bits per heavy atom. The second-order valence-corrected chi connectivity index (χ2v) is 4.91. The molecular weight excluding hydrogens is 264 g/mol. The molecule has 5 nitrogen and oxygen atoms in total. The number of hydrogen-bond acceptors (Lipinski definition) is 4. The van der Waals surface area contributed by atoms with Gasteiger partial charge in [0, 0.05) is 13.7 Å². The fourth-order valence-corrected chi connectivity index (χ4v) is 2.12. The quantitative estimate of drug-likeness (QED) is 0.578. The van der Waals surface area contributed by atoms with Crippen LogP contribution in [0.2, 0.25) is 5.15 Å². The van der Waals surface area contributed by atoms with Crippen molar-refractivity contribution in [3.05, 3.63) is 17.2 Å². The normalized spacial score (nSPS) is 11.3. The van der Waals surface area contributed by atoms with Crippen molar-refractivity contribution in [2.75, 3.05) is 6.61 Å². The summed E-state index contributed by atoms with van der Waals surface area (Å²) in [5.74, 6) is 0.608. The fraction of sp³-hybridized carbons (Fsp3) is 0.615. The van der Waals surface area contributed by atoms with E-state index in [1.54, 1.807) is 10.9 Å². The molecule has 0 saturated carbocycles. The molecule has 2 aromatic heterocycles. The fourth-order valence-electron chi connectivity index (χ4n) is 1.89. The average molecular weight is 283 g/mol. The zero-order chi connectivity index (χ0) is 13.7. The topological polar surface area (TPSA) is 52.8 Å². The minimum absolute atomic E-state index is 0.396. The van der Waals surface area contributed by atoms with Gasteiger partial charge in [0.25, 0.3) is 0 Å². The highest BCUT2D eigenvalue weighted by Crippen LogP contribution is 2.19.